The first-order valence-electron chi connectivity index (χ1n) is 4.48. The van der Waals surface area contributed by atoms with Gasteiger partial charge in [-0.1, -0.05) is 5.16 Å². The number of carbonyl (C=O) groups is 1. The molecule has 0 saturated carbocycles. The van der Waals surface area contributed by atoms with Gasteiger partial charge in [0.1, 0.15) is 5.82 Å². The summed E-state index contributed by atoms with van der Waals surface area (Å²) in [6.45, 7) is 0. The summed E-state index contributed by atoms with van der Waals surface area (Å²) in [4.78, 5) is 18.9. The molecule has 7 heteroatoms. The fourth-order valence-corrected chi connectivity index (χ4v) is 1.13. The largest absolute Gasteiger partial charge is 0.384 e. The lowest BCUT2D eigenvalue weighted by atomic mass is 10.2. The third kappa shape index (κ3) is 1.83. The van der Waals surface area contributed by atoms with Crippen molar-refractivity contribution in [2.24, 2.45) is 0 Å². The monoisotopic (exact) mass is 219 g/mol. The molecule has 2 aromatic heterocycles. The summed E-state index contributed by atoms with van der Waals surface area (Å²) < 4.78 is 4.92. The molecule has 0 unspecified atom stereocenters. The second-order valence-electron chi connectivity index (χ2n) is 2.97. The minimum atomic E-state index is -0.406. The molecule has 16 heavy (non-hydrogen) atoms. The first-order chi connectivity index (χ1) is 7.70. The number of nitrogens with two attached hydrogens (primary N) is 1. The SMILES string of the molecule is CNC(=O)c1noc(-c2ccnc(N)c2)n1. The average Bonchev–Trinajstić information content (AvgIpc) is 2.77. The van der Waals surface area contributed by atoms with Crippen LogP contribution in [0.4, 0.5) is 5.82 Å². The molecule has 0 aliphatic heterocycles. The topological polar surface area (TPSA) is 107 Å². The van der Waals surface area contributed by atoms with Crippen LogP contribution in [-0.4, -0.2) is 28.1 Å². The van der Waals surface area contributed by atoms with Crippen LogP contribution >= 0.6 is 0 Å². The lowest BCUT2D eigenvalue weighted by Crippen LogP contribution is -2.19. The Morgan fingerprint density at radius 2 is 2.38 bits per heavy atom. The van der Waals surface area contributed by atoms with Crippen molar-refractivity contribution in [3.05, 3.63) is 24.2 Å². The van der Waals surface area contributed by atoms with Gasteiger partial charge in [-0.2, -0.15) is 4.98 Å². The molecule has 0 atom stereocenters. The smallest absolute Gasteiger partial charge is 0.292 e. The summed E-state index contributed by atoms with van der Waals surface area (Å²) in [7, 11) is 1.49. The van der Waals surface area contributed by atoms with Crippen LogP contribution in [0.15, 0.2) is 22.9 Å². The summed E-state index contributed by atoms with van der Waals surface area (Å²) >= 11 is 0. The summed E-state index contributed by atoms with van der Waals surface area (Å²) in [6, 6.07) is 3.25. The lowest BCUT2D eigenvalue weighted by Gasteiger charge is -1.94. The van der Waals surface area contributed by atoms with E-state index in [9.17, 15) is 4.79 Å². The maximum Gasteiger partial charge on any atom is 0.292 e. The van der Waals surface area contributed by atoms with Crippen LogP contribution in [-0.2, 0) is 0 Å². The Morgan fingerprint density at radius 3 is 3.06 bits per heavy atom. The first-order valence-corrected chi connectivity index (χ1v) is 4.48. The van der Waals surface area contributed by atoms with E-state index < -0.39 is 5.91 Å². The Morgan fingerprint density at radius 1 is 1.56 bits per heavy atom. The number of amides is 1. The molecular weight excluding hydrogens is 210 g/mol. The van der Waals surface area contributed by atoms with Crippen molar-refractivity contribution in [3.8, 4) is 11.5 Å². The van der Waals surface area contributed by atoms with Crippen LogP contribution in [0.25, 0.3) is 11.5 Å². The predicted molar refractivity (Wildman–Crippen MR) is 55.3 cm³/mol. The van der Waals surface area contributed by atoms with E-state index in [1.807, 2.05) is 0 Å². The number of nitrogen functional groups attached to an aromatic ring is 1. The molecule has 0 saturated heterocycles. The van der Waals surface area contributed by atoms with Crippen LogP contribution in [0.5, 0.6) is 0 Å². The Hall–Kier alpha value is -2.44. The van der Waals surface area contributed by atoms with Gasteiger partial charge in [-0.15, -0.1) is 0 Å². The van der Waals surface area contributed by atoms with E-state index in [1.165, 1.54) is 13.2 Å². The number of hydrogen-bond donors (Lipinski definition) is 2. The molecular formula is C9H9N5O2. The lowest BCUT2D eigenvalue weighted by molar-refractivity contribution is 0.0950. The van der Waals surface area contributed by atoms with Gasteiger partial charge in [0.2, 0.25) is 0 Å². The molecule has 2 rings (SSSR count). The second-order valence-corrected chi connectivity index (χ2v) is 2.97. The summed E-state index contributed by atoms with van der Waals surface area (Å²) in [5, 5.41) is 5.93. The zero-order valence-electron chi connectivity index (χ0n) is 8.47. The Kier molecular flexibility index (Phi) is 2.50. The van der Waals surface area contributed by atoms with Gasteiger partial charge < -0.3 is 15.6 Å². The minimum Gasteiger partial charge on any atom is -0.384 e. The molecule has 82 valence electrons. The number of pyridine rings is 1. The standard InChI is InChI=1S/C9H9N5O2/c1-11-8(15)7-13-9(16-14-7)5-2-3-12-6(10)4-5/h2-4H,1H3,(H2,10,12)(H,11,15). The van der Waals surface area contributed by atoms with Crippen LogP contribution in [0.3, 0.4) is 0 Å². The predicted octanol–water partition coefficient (Wildman–Crippen LogP) is 0.0734. The van der Waals surface area contributed by atoms with Crippen molar-refractivity contribution >= 4 is 11.7 Å². The highest BCUT2D eigenvalue weighted by Crippen LogP contribution is 2.17. The Balaban J connectivity index is 2.35. The number of anilines is 1. The molecule has 3 N–H and O–H groups in total. The maximum atomic E-state index is 11.2. The molecule has 0 fully saturated rings. The van der Waals surface area contributed by atoms with E-state index in [1.54, 1.807) is 12.1 Å². The van der Waals surface area contributed by atoms with Crippen molar-refractivity contribution in [2.45, 2.75) is 0 Å². The average molecular weight is 219 g/mol. The number of nitrogens with one attached hydrogen (secondary N) is 1. The fourth-order valence-electron chi connectivity index (χ4n) is 1.13. The van der Waals surface area contributed by atoms with Gasteiger partial charge in [0.25, 0.3) is 17.6 Å². The number of aromatic nitrogens is 3. The zero-order valence-corrected chi connectivity index (χ0v) is 8.47. The van der Waals surface area contributed by atoms with Gasteiger partial charge in [-0.05, 0) is 12.1 Å². The van der Waals surface area contributed by atoms with Crippen LogP contribution < -0.4 is 11.1 Å². The van der Waals surface area contributed by atoms with Gasteiger partial charge in [0.05, 0.1) is 0 Å². The van der Waals surface area contributed by atoms with E-state index in [4.69, 9.17) is 10.3 Å². The van der Waals surface area contributed by atoms with Crippen molar-refractivity contribution in [1.29, 1.82) is 0 Å². The van der Waals surface area contributed by atoms with Crippen molar-refractivity contribution in [1.82, 2.24) is 20.4 Å². The van der Waals surface area contributed by atoms with Crippen molar-refractivity contribution in [3.63, 3.8) is 0 Å². The Labute approximate surface area is 90.7 Å². The van der Waals surface area contributed by atoms with Crippen molar-refractivity contribution < 1.29 is 9.32 Å². The van der Waals surface area contributed by atoms with Gasteiger partial charge >= 0.3 is 0 Å². The zero-order chi connectivity index (χ0) is 11.5. The van der Waals surface area contributed by atoms with Crippen LogP contribution in [0.2, 0.25) is 0 Å². The Bertz CT molecular complexity index is 522. The second kappa shape index (κ2) is 3.97. The molecule has 1 amide bonds. The first kappa shape index (κ1) is 10.1. The highest BCUT2D eigenvalue weighted by Gasteiger charge is 2.14. The molecule has 0 spiro atoms. The van der Waals surface area contributed by atoms with Gasteiger partial charge in [0.15, 0.2) is 0 Å². The van der Waals surface area contributed by atoms with E-state index in [-0.39, 0.29) is 11.7 Å². The van der Waals surface area contributed by atoms with Gasteiger partial charge in [-0.3, -0.25) is 4.79 Å². The van der Waals surface area contributed by atoms with E-state index in [2.05, 4.69) is 20.4 Å². The molecule has 2 aromatic rings. The molecule has 7 nitrogen and oxygen atoms in total. The van der Waals surface area contributed by atoms with Crippen LogP contribution in [0.1, 0.15) is 10.6 Å². The summed E-state index contributed by atoms with van der Waals surface area (Å²) in [5.74, 6) is 0.148. The minimum absolute atomic E-state index is 0.0205. The van der Waals surface area contributed by atoms with E-state index in [0.717, 1.165) is 0 Å². The quantitative estimate of drug-likeness (QED) is 0.740. The van der Waals surface area contributed by atoms with E-state index in [0.29, 0.717) is 11.4 Å². The third-order valence-electron chi connectivity index (χ3n) is 1.88. The fraction of sp³-hybridized carbons (Fsp3) is 0.111. The highest BCUT2D eigenvalue weighted by molar-refractivity contribution is 5.90. The van der Waals surface area contributed by atoms with E-state index >= 15 is 0 Å². The van der Waals surface area contributed by atoms with Crippen molar-refractivity contribution in [2.75, 3.05) is 12.8 Å². The number of carbonyl (C=O) groups excluding carboxylic acids is 1. The molecule has 0 aliphatic rings. The summed E-state index contributed by atoms with van der Waals surface area (Å²) in [5.41, 5.74) is 6.13. The number of rotatable bonds is 2. The summed E-state index contributed by atoms with van der Waals surface area (Å²) in [6.07, 6.45) is 1.52. The molecule has 0 radical (unpaired) electrons. The number of nitrogens with zero attached hydrogens (tertiary/aromatic N) is 3. The molecule has 0 aromatic carbocycles. The van der Waals surface area contributed by atoms with Crippen LogP contribution in [0, 0.1) is 0 Å². The molecule has 0 bridgehead atoms. The normalized spacial score (nSPS) is 10.1. The van der Waals surface area contributed by atoms with Gasteiger partial charge in [0, 0.05) is 18.8 Å². The molecule has 2 heterocycles. The van der Waals surface area contributed by atoms with Gasteiger partial charge in [-0.25, -0.2) is 4.98 Å². The maximum absolute atomic E-state index is 11.2. The highest BCUT2D eigenvalue weighted by atomic mass is 16.5. The molecule has 0 aliphatic carbocycles. The number of hydrogen-bond acceptors (Lipinski definition) is 6. The third-order valence-corrected chi connectivity index (χ3v) is 1.88.